The van der Waals surface area contributed by atoms with Crippen molar-refractivity contribution in [3.8, 4) is 0 Å². The first-order chi connectivity index (χ1) is 8.38. The topological polar surface area (TPSA) is 79.9 Å². The Morgan fingerprint density at radius 1 is 1.00 bits per heavy atom. The molecule has 0 aliphatic heterocycles. The second-order valence-corrected chi connectivity index (χ2v) is 3.11. The standard InChI is InChI=1S/C10H12O.3CO.Cr/c11-10-7-3-5-8-4-1-2-6-9(8)10;3*1-2;/h1-2,4,6,10-11H,3,5,7H2;;;;/t10-;;;;/m0..../s1. The number of aliphatic hydroxyl groups is 1. The summed E-state index contributed by atoms with van der Waals surface area (Å²) in [7, 11) is 0. The summed E-state index contributed by atoms with van der Waals surface area (Å²) in [5, 5.41) is 9.56. The SMILES string of the molecule is O[C@H]1CCCc2ccccc21.[C-]#[O+].[C-]#[O+].[C-]#[O+].[Cr]. The molecule has 0 spiro atoms. The second kappa shape index (κ2) is 15.9. The van der Waals surface area contributed by atoms with Crippen LogP contribution in [0.5, 0.6) is 0 Å². The van der Waals surface area contributed by atoms with E-state index in [0.717, 1.165) is 24.8 Å². The predicted molar refractivity (Wildman–Crippen MR) is 56.1 cm³/mol. The molecule has 0 saturated heterocycles. The van der Waals surface area contributed by atoms with E-state index in [1.54, 1.807) is 0 Å². The summed E-state index contributed by atoms with van der Waals surface area (Å²) in [5.74, 6) is 0. The normalized spacial score (nSPS) is 14.3. The van der Waals surface area contributed by atoms with Crippen LogP contribution in [0.15, 0.2) is 24.3 Å². The second-order valence-electron chi connectivity index (χ2n) is 3.11. The molecule has 0 unspecified atom stereocenters. The minimum Gasteiger partial charge on any atom is 0 e. The van der Waals surface area contributed by atoms with E-state index >= 15 is 0 Å². The van der Waals surface area contributed by atoms with Crippen LogP contribution in [-0.4, -0.2) is 5.11 Å². The van der Waals surface area contributed by atoms with E-state index < -0.39 is 0 Å². The number of rotatable bonds is 0. The number of benzene rings is 1. The van der Waals surface area contributed by atoms with Crippen molar-refractivity contribution < 1.29 is 36.4 Å². The Bertz CT molecular complexity index is 356. The number of aryl methyl sites for hydroxylation is 1. The Balaban J connectivity index is -0.000000285. The van der Waals surface area contributed by atoms with Gasteiger partial charge in [-0.2, -0.15) is 0 Å². The molecule has 94 valence electrons. The Labute approximate surface area is 117 Å². The van der Waals surface area contributed by atoms with Crippen molar-refractivity contribution in [1.82, 2.24) is 0 Å². The zero-order valence-corrected chi connectivity index (χ0v) is 10.9. The van der Waals surface area contributed by atoms with Crippen molar-refractivity contribution in [1.29, 1.82) is 0 Å². The molecule has 0 radical (unpaired) electrons. The van der Waals surface area contributed by atoms with Gasteiger partial charge in [0, 0.05) is 17.4 Å². The number of hydrogen-bond acceptors (Lipinski definition) is 1. The van der Waals surface area contributed by atoms with E-state index in [2.05, 4.69) is 26.0 Å². The summed E-state index contributed by atoms with van der Waals surface area (Å²) in [6, 6.07) is 8.17. The van der Waals surface area contributed by atoms with Gasteiger partial charge in [-0.25, -0.2) is 0 Å². The molecule has 0 heterocycles. The van der Waals surface area contributed by atoms with Gasteiger partial charge in [-0.15, -0.1) is 0 Å². The third-order valence-electron chi connectivity index (χ3n) is 2.34. The van der Waals surface area contributed by atoms with Gasteiger partial charge < -0.3 is 5.11 Å². The molecule has 5 heteroatoms. The van der Waals surface area contributed by atoms with Crippen molar-refractivity contribution in [2.24, 2.45) is 0 Å². The molecule has 2 rings (SSSR count). The summed E-state index contributed by atoms with van der Waals surface area (Å²) in [6.45, 7) is 13.5. The first-order valence-electron chi connectivity index (χ1n) is 4.75. The first-order valence-corrected chi connectivity index (χ1v) is 4.75. The monoisotopic (exact) mass is 284 g/mol. The van der Waals surface area contributed by atoms with E-state index in [-0.39, 0.29) is 23.5 Å². The fourth-order valence-corrected chi connectivity index (χ4v) is 1.73. The van der Waals surface area contributed by atoms with Gasteiger partial charge in [0.2, 0.25) is 0 Å². The van der Waals surface area contributed by atoms with Crippen LogP contribution < -0.4 is 0 Å². The van der Waals surface area contributed by atoms with Gasteiger partial charge in [0.25, 0.3) is 0 Å². The first kappa shape index (κ1) is 22.1. The molecule has 0 amide bonds. The average Bonchev–Trinajstić information content (AvgIpc) is 2.46. The largest absolute Gasteiger partial charge is 0 e. The minimum absolute atomic E-state index is 0. The smallest absolute Gasteiger partial charge is 0 e. The maximum Gasteiger partial charge on any atom is 0 e. The van der Waals surface area contributed by atoms with Gasteiger partial charge in [0.05, 0.1) is 6.10 Å². The third kappa shape index (κ3) is 7.30. The number of aliphatic hydroxyl groups excluding tert-OH is 1. The molecule has 1 atom stereocenters. The molecule has 1 aromatic carbocycles. The zero-order valence-electron chi connectivity index (χ0n) is 9.59. The maximum atomic E-state index is 9.56. The van der Waals surface area contributed by atoms with Crippen molar-refractivity contribution in [2.75, 3.05) is 0 Å². The fourth-order valence-electron chi connectivity index (χ4n) is 1.73. The Hall–Kier alpha value is -1.07. The van der Waals surface area contributed by atoms with E-state index in [1.807, 2.05) is 18.2 Å². The van der Waals surface area contributed by atoms with E-state index in [0.29, 0.717) is 0 Å². The average molecular weight is 284 g/mol. The molecule has 1 aliphatic carbocycles. The van der Waals surface area contributed by atoms with Gasteiger partial charge in [0.15, 0.2) is 0 Å². The van der Waals surface area contributed by atoms with Gasteiger partial charge in [-0.1, -0.05) is 24.3 Å². The van der Waals surface area contributed by atoms with Gasteiger partial charge in [-0.3, -0.25) is 0 Å². The number of hydrogen-bond donors (Lipinski definition) is 1. The molecule has 0 bridgehead atoms. The Morgan fingerprint density at radius 2 is 1.50 bits per heavy atom. The van der Waals surface area contributed by atoms with Crippen molar-refractivity contribution >= 4 is 0 Å². The summed E-state index contributed by atoms with van der Waals surface area (Å²) >= 11 is 0. The van der Waals surface area contributed by atoms with Crippen LogP contribution in [0.2, 0.25) is 0 Å². The maximum absolute atomic E-state index is 9.56. The van der Waals surface area contributed by atoms with Crippen LogP contribution in [0.25, 0.3) is 0 Å². The molecule has 0 saturated carbocycles. The van der Waals surface area contributed by atoms with E-state index in [4.69, 9.17) is 14.0 Å². The van der Waals surface area contributed by atoms with Crippen LogP contribution in [0.3, 0.4) is 0 Å². The van der Waals surface area contributed by atoms with Gasteiger partial charge in [0.1, 0.15) is 0 Å². The number of fused-ring (bicyclic) bond motifs is 1. The predicted octanol–water partition coefficient (Wildman–Crippen LogP) is 1.94. The molecule has 1 aromatic rings. The molecule has 0 fully saturated rings. The molecular formula is C13H12CrO4. The molecule has 4 nitrogen and oxygen atoms in total. The van der Waals surface area contributed by atoms with Crippen LogP contribution in [0.4, 0.5) is 0 Å². The molecule has 18 heavy (non-hydrogen) atoms. The molecular weight excluding hydrogens is 272 g/mol. The zero-order chi connectivity index (χ0) is 13.7. The minimum atomic E-state index is -0.208. The summed E-state index contributed by atoms with van der Waals surface area (Å²) in [6.07, 6.45) is 2.97. The molecule has 1 aliphatic rings. The molecule has 1 N–H and O–H groups in total. The van der Waals surface area contributed by atoms with Gasteiger partial charge >= 0.3 is 33.9 Å². The van der Waals surface area contributed by atoms with Crippen LogP contribution in [0, 0.1) is 20.0 Å². The van der Waals surface area contributed by atoms with Crippen LogP contribution >= 0.6 is 0 Å². The van der Waals surface area contributed by atoms with Crippen LogP contribution in [0.1, 0.15) is 30.1 Å². The van der Waals surface area contributed by atoms with E-state index in [9.17, 15) is 5.11 Å². The van der Waals surface area contributed by atoms with E-state index in [1.165, 1.54) is 5.56 Å². The summed E-state index contributed by atoms with van der Waals surface area (Å²) in [5.41, 5.74) is 2.46. The summed E-state index contributed by atoms with van der Waals surface area (Å²) < 4.78 is 22.5. The van der Waals surface area contributed by atoms with Crippen molar-refractivity contribution in [3.63, 3.8) is 0 Å². The van der Waals surface area contributed by atoms with Gasteiger partial charge in [-0.05, 0) is 30.4 Å². The Kier molecular flexibility index (Phi) is 19.6. The van der Waals surface area contributed by atoms with Crippen molar-refractivity contribution in [3.05, 3.63) is 55.3 Å². The van der Waals surface area contributed by atoms with Crippen molar-refractivity contribution in [2.45, 2.75) is 25.4 Å². The fraction of sp³-hybridized carbons (Fsp3) is 0.308. The van der Waals surface area contributed by atoms with Crippen LogP contribution in [-0.2, 0) is 37.7 Å². The molecule has 0 aromatic heterocycles. The third-order valence-corrected chi connectivity index (χ3v) is 2.34. The summed E-state index contributed by atoms with van der Waals surface area (Å²) in [4.78, 5) is 0. The quantitative estimate of drug-likeness (QED) is 0.573. The Morgan fingerprint density at radius 3 is 2.00 bits per heavy atom.